The third-order valence-corrected chi connectivity index (χ3v) is 3.62. The molecule has 110 valence electrons. The van der Waals surface area contributed by atoms with Crippen LogP contribution in [0.3, 0.4) is 0 Å². The van der Waals surface area contributed by atoms with Crippen molar-refractivity contribution < 1.29 is 4.79 Å². The maximum absolute atomic E-state index is 12.0. The van der Waals surface area contributed by atoms with E-state index in [9.17, 15) is 4.79 Å². The van der Waals surface area contributed by atoms with Crippen molar-refractivity contribution in [2.45, 2.75) is 26.3 Å². The van der Waals surface area contributed by atoms with Crippen LogP contribution in [0.1, 0.15) is 35.7 Å². The van der Waals surface area contributed by atoms with Gasteiger partial charge < -0.3 is 10.6 Å². The van der Waals surface area contributed by atoms with Crippen molar-refractivity contribution in [1.29, 1.82) is 0 Å². The minimum Gasteiger partial charge on any atom is -0.352 e. The van der Waals surface area contributed by atoms with Crippen LogP contribution < -0.4 is 10.6 Å². The number of carbonyl (C=O) groups excluding carboxylic acids is 1. The Bertz CT molecular complexity index is 427. The number of nitrogens with one attached hydrogen (secondary N) is 2. The summed E-state index contributed by atoms with van der Waals surface area (Å²) in [5.74, 6) is 0.0422. The van der Waals surface area contributed by atoms with Gasteiger partial charge in [-0.1, -0.05) is 25.5 Å². The molecule has 0 atom stereocenters. The highest BCUT2D eigenvalue weighted by atomic mass is 16.1. The Morgan fingerprint density at radius 1 is 1.35 bits per heavy atom. The lowest BCUT2D eigenvalue weighted by Crippen LogP contribution is -2.42. The highest BCUT2D eigenvalue weighted by Crippen LogP contribution is 2.09. The predicted molar refractivity (Wildman–Crippen MR) is 81.8 cm³/mol. The average molecular weight is 275 g/mol. The van der Waals surface area contributed by atoms with Gasteiger partial charge in [-0.15, -0.1) is 0 Å². The lowest BCUT2D eigenvalue weighted by Gasteiger charge is -2.27. The molecule has 2 N–H and O–H groups in total. The third-order valence-electron chi connectivity index (χ3n) is 3.62. The van der Waals surface area contributed by atoms with Crippen molar-refractivity contribution in [2.75, 3.05) is 32.7 Å². The lowest BCUT2D eigenvalue weighted by molar-refractivity contribution is 0.0953. The zero-order valence-corrected chi connectivity index (χ0v) is 12.3. The Hall–Kier alpha value is -1.39. The van der Waals surface area contributed by atoms with Gasteiger partial charge in [0.15, 0.2) is 0 Å². The minimum absolute atomic E-state index is 0.0422. The smallest absolute Gasteiger partial charge is 0.251 e. The van der Waals surface area contributed by atoms with E-state index < -0.39 is 0 Å². The average Bonchev–Trinajstić information content (AvgIpc) is 2.49. The maximum Gasteiger partial charge on any atom is 0.251 e. The van der Waals surface area contributed by atoms with Crippen molar-refractivity contribution in [3.8, 4) is 0 Å². The number of carbonyl (C=O) groups is 1. The quantitative estimate of drug-likeness (QED) is 0.776. The van der Waals surface area contributed by atoms with Crippen molar-refractivity contribution in [3.05, 3.63) is 35.4 Å². The second-order valence-corrected chi connectivity index (χ2v) is 5.34. The number of nitrogens with zero attached hydrogens (tertiary/aromatic N) is 1. The van der Waals surface area contributed by atoms with Gasteiger partial charge in [-0.05, 0) is 24.1 Å². The summed E-state index contributed by atoms with van der Waals surface area (Å²) < 4.78 is 0. The van der Waals surface area contributed by atoms with Crippen LogP contribution >= 0.6 is 0 Å². The Morgan fingerprint density at radius 3 is 2.90 bits per heavy atom. The minimum atomic E-state index is 0.0422. The number of amides is 1. The van der Waals surface area contributed by atoms with Crippen molar-refractivity contribution >= 4 is 5.91 Å². The third kappa shape index (κ3) is 4.62. The van der Waals surface area contributed by atoms with E-state index in [-0.39, 0.29) is 5.91 Å². The standard InChI is InChI=1S/C16H25N3O/c1-2-3-7-18-16(20)15-6-4-5-14(12-15)13-19-10-8-17-9-11-19/h4-6,12,17H,2-3,7-11,13H2,1H3,(H,18,20). The number of rotatable bonds is 6. The van der Waals surface area contributed by atoms with Crippen LogP contribution in [0.2, 0.25) is 0 Å². The molecule has 1 aliphatic rings. The summed E-state index contributed by atoms with van der Waals surface area (Å²) in [6, 6.07) is 7.99. The normalized spacial score (nSPS) is 16.1. The number of piperazine rings is 1. The lowest BCUT2D eigenvalue weighted by atomic mass is 10.1. The van der Waals surface area contributed by atoms with Crippen molar-refractivity contribution in [1.82, 2.24) is 15.5 Å². The second kappa shape index (κ2) is 8.02. The monoisotopic (exact) mass is 275 g/mol. The molecule has 1 fully saturated rings. The summed E-state index contributed by atoms with van der Waals surface area (Å²) in [6.07, 6.45) is 2.13. The van der Waals surface area contributed by atoms with Gasteiger partial charge >= 0.3 is 0 Å². The number of hydrogen-bond acceptors (Lipinski definition) is 3. The van der Waals surface area contributed by atoms with E-state index >= 15 is 0 Å². The van der Waals surface area contributed by atoms with E-state index in [1.165, 1.54) is 5.56 Å². The van der Waals surface area contributed by atoms with Crippen LogP contribution in [-0.2, 0) is 6.54 Å². The molecule has 4 heteroatoms. The summed E-state index contributed by atoms with van der Waals surface area (Å²) in [4.78, 5) is 14.5. The zero-order valence-electron chi connectivity index (χ0n) is 12.3. The second-order valence-electron chi connectivity index (χ2n) is 5.34. The summed E-state index contributed by atoms with van der Waals surface area (Å²) in [7, 11) is 0. The number of benzene rings is 1. The molecule has 2 rings (SSSR count). The molecule has 0 aromatic heterocycles. The Morgan fingerprint density at radius 2 is 2.15 bits per heavy atom. The van der Waals surface area contributed by atoms with Gasteiger partial charge in [-0.3, -0.25) is 9.69 Å². The molecule has 1 aliphatic heterocycles. The molecule has 0 spiro atoms. The molecule has 4 nitrogen and oxygen atoms in total. The van der Waals surface area contributed by atoms with E-state index in [0.717, 1.165) is 57.7 Å². The predicted octanol–water partition coefficient (Wildman–Crippen LogP) is 1.62. The molecule has 1 aromatic carbocycles. The maximum atomic E-state index is 12.0. The summed E-state index contributed by atoms with van der Waals surface area (Å²) >= 11 is 0. The Balaban J connectivity index is 1.91. The van der Waals surface area contributed by atoms with Crippen LogP contribution in [0.15, 0.2) is 24.3 Å². The van der Waals surface area contributed by atoms with Gasteiger partial charge in [-0.25, -0.2) is 0 Å². The van der Waals surface area contributed by atoms with Gasteiger partial charge in [0.25, 0.3) is 5.91 Å². The van der Waals surface area contributed by atoms with Crippen LogP contribution in [0.25, 0.3) is 0 Å². The molecule has 1 heterocycles. The van der Waals surface area contributed by atoms with Crippen molar-refractivity contribution in [3.63, 3.8) is 0 Å². The van der Waals surface area contributed by atoms with Gasteiger partial charge in [0.2, 0.25) is 0 Å². The Kier molecular flexibility index (Phi) is 6.02. The van der Waals surface area contributed by atoms with Crippen molar-refractivity contribution in [2.24, 2.45) is 0 Å². The zero-order chi connectivity index (χ0) is 14.2. The molecule has 0 saturated carbocycles. The van der Waals surface area contributed by atoms with Gasteiger partial charge in [0, 0.05) is 44.8 Å². The first-order valence-corrected chi connectivity index (χ1v) is 7.60. The van der Waals surface area contributed by atoms with Gasteiger partial charge in [-0.2, -0.15) is 0 Å². The molecular formula is C16H25N3O. The summed E-state index contributed by atoms with van der Waals surface area (Å²) in [5, 5.41) is 6.32. The van der Waals surface area contributed by atoms with E-state index in [1.807, 2.05) is 18.2 Å². The van der Waals surface area contributed by atoms with E-state index in [0.29, 0.717) is 0 Å². The number of unbranched alkanes of at least 4 members (excludes halogenated alkanes) is 1. The fraction of sp³-hybridized carbons (Fsp3) is 0.562. The van der Waals surface area contributed by atoms with Crippen LogP contribution in [0.4, 0.5) is 0 Å². The molecule has 0 bridgehead atoms. The van der Waals surface area contributed by atoms with Gasteiger partial charge in [0.05, 0.1) is 0 Å². The highest BCUT2D eigenvalue weighted by molar-refractivity contribution is 5.94. The topological polar surface area (TPSA) is 44.4 Å². The molecule has 1 amide bonds. The van der Waals surface area contributed by atoms with E-state index in [1.54, 1.807) is 0 Å². The SMILES string of the molecule is CCCCNC(=O)c1cccc(CN2CCNCC2)c1. The molecular weight excluding hydrogens is 250 g/mol. The van der Waals surface area contributed by atoms with Crippen LogP contribution in [0, 0.1) is 0 Å². The fourth-order valence-corrected chi connectivity index (χ4v) is 2.42. The molecule has 0 aliphatic carbocycles. The molecule has 1 aromatic rings. The van der Waals surface area contributed by atoms with Crippen LogP contribution in [-0.4, -0.2) is 43.5 Å². The first-order valence-electron chi connectivity index (χ1n) is 7.60. The number of hydrogen-bond donors (Lipinski definition) is 2. The van der Waals surface area contributed by atoms with E-state index in [4.69, 9.17) is 0 Å². The van der Waals surface area contributed by atoms with Crippen LogP contribution in [0.5, 0.6) is 0 Å². The molecule has 0 radical (unpaired) electrons. The highest BCUT2D eigenvalue weighted by Gasteiger charge is 2.11. The Labute approximate surface area is 121 Å². The first-order chi connectivity index (χ1) is 9.79. The molecule has 20 heavy (non-hydrogen) atoms. The first kappa shape index (κ1) is 15.0. The fourth-order valence-electron chi connectivity index (χ4n) is 2.42. The molecule has 0 unspecified atom stereocenters. The largest absolute Gasteiger partial charge is 0.352 e. The summed E-state index contributed by atoms with van der Waals surface area (Å²) in [6.45, 7) is 8.07. The summed E-state index contributed by atoms with van der Waals surface area (Å²) in [5.41, 5.74) is 1.99. The van der Waals surface area contributed by atoms with Gasteiger partial charge in [0.1, 0.15) is 0 Å². The molecule has 1 saturated heterocycles. The van der Waals surface area contributed by atoms with E-state index in [2.05, 4.69) is 28.5 Å².